The SMILES string of the molecule is Cn1c(=O)c(C(=O)NCC(=O)OC(C)(C)C)c(O)c2cc(C3CCCC3)c(C(F)(F)F)nc21. The number of halogens is 3. The van der Waals surface area contributed by atoms with Crippen LogP contribution in [0.1, 0.15) is 74.0 Å². The second-order valence-corrected chi connectivity index (χ2v) is 9.13. The number of ether oxygens (including phenoxy) is 1. The van der Waals surface area contributed by atoms with E-state index < -0.39 is 58.4 Å². The van der Waals surface area contributed by atoms with Crippen molar-refractivity contribution >= 4 is 22.9 Å². The van der Waals surface area contributed by atoms with Crippen LogP contribution in [0.25, 0.3) is 11.0 Å². The zero-order valence-corrected chi connectivity index (χ0v) is 18.8. The third-order valence-corrected chi connectivity index (χ3v) is 5.46. The highest BCUT2D eigenvalue weighted by molar-refractivity contribution is 6.02. The summed E-state index contributed by atoms with van der Waals surface area (Å²) in [7, 11) is 1.16. The van der Waals surface area contributed by atoms with Gasteiger partial charge in [-0.1, -0.05) is 12.8 Å². The smallest absolute Gasteiger partial charge is 0.433 e. The van der Waals surface area contributed by atoms with Crippen LogP contribution in [0.2, 0.25) is 0 Å². The number of hydrogen-bond acceptors (Lipinski definition) is 6. The average molecular weight is 469 g/mol. The van der Waals surface area contributed by atoms with Crippen LogP contribution in [0.15, 0.2) is 10.9 Å². The van der Waals surface area contributed by atoms with Crippen molar-refractivity contribution in [3.05, 3.63) is 33.2 Å². The molecule has 1 aliphatic rings. The highest BCUT2D eigenvalue weighted by Gasteiger charge is 2.39. The largest absolute Gasteiger partial charge is 0.506 e. The van der Waals surface area contributed by atoms with Gasteiger partial charge >= 0.3 is 12.1 Å². The molecule has 0 atom stereocenters. The quantitative estimate of drug-likeness (QED) is 0.665. The van der Waals surface area contributed by atoms with Gasteiger partial charge in [-0.25, -0.2) is 4.98 Å². The molecule has 1 saturated carbocycles. The van der Waals surface area contributed by atoms with Crippen molar-refractivity contribution in [2.45, 2.75) is 64.1 Å². The summed E-state index contributed by atoms with van der Waals surface area (Å²) in [6.45, 7) is 4.36. The fraction of sp³-hybridized carbons (Fsp3) is 0.545. The number of alkyl halides is 3. The molecular weight excluding hydrogens is 443 g/mol. The summed E-state index contributed by atoms with van der Waals surface area (Å²) in [5.74, 6) is -2.98. The predicted octanol–water partition coefficient (Wildman–Crippen LogP) is 3.39. The number of aryl methyl sites for hydroxylation is 1. The van der Waals surface area contributed by atoms with Crippen LogP contribution in [0.5, 0.6) is 5.75 Å². The molecule has 0 saturated heterocycles. The van der Waals surface area contributed by atoms with Gasteiger partial charge in [0, 0.05) is 7.05 Å². The van der Waals surface area contributed by atoms with E-state index in [0.29, 0.717) is 12.8 Å². The minimum atomic E-state index is -4.75. The highest BCUT2D eigenvalue weighted by Crippen LogP contribution is 2.42. The van der Waals surface area contributed by atoms with Crippen molar-refractivity contribution in [3.8, 4) is 5.75 Å². The van der Waals surface area contributed by atoms with Crippen LogP contribution < -0.4 is 10.9 Å². The van der Waals surface area contributed by atoms with E-state index in [2.05, 4.69) is 10.3 Å². The molecule has 0 unspecified atom stereocenters. The second-order valence-electron chi connectivity index (χ2n) is 9.13. The van der Waals surface area contributed by atoms with Gasteiger partial charge in [0.1, 0.15) is 34.8 Å². The molecule has 0 spiro atoms. The Bertz CT molecular complexity index is 1160. The number of carbonyl (C=O) groups is 2. The van der Waals surface area contributed by atoms with Gasteiger partial charge in [0.05, 0.1) is 5.39 Å². The summed E-state index contributed by atoms with van der Waals surface area (Å²) < 4.78 is 47.1. The Morgan fingerprint density at radius 3 is 2.39 bits per heavy atom. The zero-order valence-electron chi connectivity index (χ0n) is 18.8. The number of amides is 1. The third kappa shape index (κ3) is 5.12. The van der Waals surface area contributed by atoms with Crippen molar-refractivity contribution in [2.24, 2.45) is 7.05 Å². The van der Waals surface area contributed by atoms with Gasteiger partial charge in [-0.2, -0.15) is 13.2 Å². The molecule has 0 aliphatic heterocycles. The molecule has 2 aromatic heterocycles. The molecule has 11 heteroatoms. The Labute approximate surface area is 187 Å². The second kappa shape index (κ2) is 8.68. The van der Waals surface area contributed by atoms with E-state index in [-0.39, 0.29) is 16.9 Å². The summed E-state index contributed by atoms with van der Waals surface area (Å²) >= 11 is 0. The molecular formula is C22H26F3N3O5. The number of carbonyl (C=O) groups excluding carboxylic acids is 2. The lowest BCUT2D eigenvalue weighted by Gasteiger charge is -2.20. The molecule has 3 rings (SSSR count). The standard InChI is InChI=1S/C22H26F3N3O5/c1-21(2,3)33-14(29)10-26-19(31)15-16(30)13-9-12(11-7-5-6-8-11)17(22(23,24)25)27-18(13)28(4)20(15)32/h9,11,30H,5-8,10H2,1-4H3,(H,26,31). The summed E-state index contributed by atoms with van der Waals surface area (Å²) in [6, 6.07) is 1.17. The Morgan fingerprint density at radius 1 is 1.24 bits per heavy atom. The number of nitrogens with zero attached hydrogens (tertiary/aromatic N) is 2. The van der Waals surface area contributed by atoms with Gasteiger partial charge < -0.3 is 15.2 Å². The lowest BCUT2D eigenvalue weighted by molar-refractivity contribution is -0.153. The van der Waals surface area contributed by atoms with Gasteiger partial charge in [-0.15, -0.1) is 0 Å². The summed E-state index contributed by atoms with van der Waals surface area (Å²) in [5.41, 5.74) is -4.08. The van der Waals surface area contributed by atoms with E-state index in [4.69, 9.17) is 4.74 Å². The Morgan fingerprint density at radius 2 is 1.85 bits per heavy atom. The molecule has 0 radical (unpaired) electrons. The number of pyridine rings is 2. The number of aromatic hydroxyl groups is 1. The molecule has 0 bridgehead atoms. The molecule has 8 nitrogen and oxygen atoms in total. The first-order chi connectivity index (χ1) is 15.2. The minimum Gasteiger partial charge on any atom is -0.506 e. The van der Waals surface area contributed by atoms with Crippen molar-refractivity contribution in [3.63, 3.8) is 0 Å². The molecule has 0 aromatic carbocycles. The van der Waals surface area contributed by atoms with E-state index in [1.807, 2.05) is 0 Å². The fourth-order valence-electron chi connectivity index (χ4n) is 4.05. The van der Waals surface area contributed by atoms with E-state index >= 15 is 0 Å². The highest BCUT2D eigenvalue weighted by atomic mass is 19.4. The van der Waals surface area contributed by atoms with Crippen LogP contribution in [0.4, 0.5) is 13.2 Å². The van der Waals surface area contributed by atoms with Crippen LogP contribution in [0.3, 0.4) is 0 Å². The average Bonchev–Trinajstić information content (AvgIpc) is 3.22. The van der Waals surface area contributed by atoms with Gasteiger partial charge in [-0.05, 0) is 51.2 Å². The molecule has 2 aromatic rings. The summed E-state index contributed by atoms with van der Waals surface area (Å²) in [4.78, 5) is 40.9. The van der Waals surface area contributed by atoms with Crippen LogP contribution in [-0.4, -0.2) is 38.7 Å². The van der Waals surface area contributed by atoms with Crippen LogP contribution in [-0.2, 0) is 22.8 Å². The molecule has 33 heavy (non-hydrogen) atoms. The van der Waals surface area contributed by atoms with Crippen LogP contribution >= 0.6 is 0 Å². The maximum atomic E-state index is 13.7. The van der Waals surface area contributed by atoms with Gasteiger partial charge in [0.15, 0.2) is 0 Å². The van der Waals surface area contributed by atoms with E-state index in [9.17, 15) is 32.7 Å². The maximum Gasteiger partial charge on any atom is 0.433 e. The van der Waals surface area contributed by atoms with Crippen LogP contribution in [0, 0.1) is 0 Å². The first-order valence-corrected chi connectivity index (χ1v) is 10.5. The van der Waals surface area contributed by atoms with E-state index in [1.54, 1.807) is 20.8 Å². The number of fused-ring (bicyclic) bond motifs is 1. The fourth-order valence-corrected chi connectivity index (χ4v) is 4.05. The number of aromatic nitrogens is 2. The van der Waals surface area contributed by atoms with E-state index in [0.717, 1.165) is 24.5 Å². The molecule has 1 aliphatic carbocycles. The summed E-state index contributed by atoms with van der Waals surface area (Å²) in [6.07, 6.45) is -2.10. The molecule has 2 N–H and O–H groups in total. The zero-order chi connectivity index (χ0) is 24.7. The first kappa shape index (κ1) is 24.5. The lowest BCUT2D eigenvalue weighted by atomic mass is 9.94. The summed E-state index contributed by atoms with van der Waals surface area (Å²) in [5, 5.41) is 12.8. The lowest BCUT2D eigenvalue weighted by Crippen LogP contribution is -2.38. The monoisotopic (exact) mass is 469 g/mol. The number of nitrogens with one attached hydrogen (secondary N) is 1. The molecule has 2 heterocycles. The topological polar surface area (TPSA) is 111 Å². The normalized spacial score (nSPS) is 15.1. The first-order valence-electron chi connectivity index (χ1n) is 10.5. The van der Waals surface area contributed by atoms with Gasteiger partial charge in [0.2, 0.25) is 0 Å². The maximum absolute atomic E-state index is 13.7. The van der Waals surface area contributed by atoms with E-state index in [1.165, 1.54) is 6.07 Å². The molecule has 1 amide bonds. The predicted molar refractivity (Wildman–Crippen MR) is 113 cm³/mol. The minimum absolute atomic E-state index is 0.0680. The number of esters is 1. The third-order valence-electron chi connectivity index (χ3n) is 5.46. The van der Waals surface area contributed by atoms with Crippen molar-refractivity contribution < 1.29 is 32.6 Å². The number of hydrogen-bond donors (Lipinski definition) is 2. The Kier molecular flexibility index (Phi) is 6.45. The van der Waals surface area contributed by atoms with Crippen molar-refractivity contribution in [2.75, 3.05) is 6.54 Å². The Hall–Kier alpha value is -3.11. The molecule has 180 valence electrons. The molecule has 1 fully saturated rings. The van der Waals surface area contributed by atoms with Crippen molar-refractivity contribution in [1.82, 2.24) is 14.9 Å². The van der Waals surface area contributed by atoms with Gasteiger partial charge in [0.25, 0.3) is 11.5 Å². The van der Waals surface area contributed by atoms with Gasteiger partial charge in [-0.3, -0.25) is 19.0 Å². The van der Waals surface area contributed by atoms with Crippen molar-refractivity contribution in [1.29, 1.82) is 0 Å². The Balaban J connectivity index is 2.08. The number of rotatable bonds is 4.